The van der Waals surface area contributed by atoms with Crippen LogP contribution in [0.3, 0.4) is 0 Å². The summed E-state index contributed by atoms with van der Waals surface area (Å²) in [5.41, 5.74) is 0. The minimum Gasteiger partial charge on any atom is -0.726 e. The van der Waals surface area contributed by atoms with Gasteiger partial charge in [-0.25, -0.2) is 16.8 Å². The van der Waals surface area contributed by atoms with E-state index in [-0.39, 0.29) is 32.7 Å². The molecule has 0 amide bonds. The molecule has 11 heteroatoms. The normalized spacial score (nSPS) is 11.7. The Hall–Kier alpha value is 0.363. The van der Waals surface area contributed by atoms with Crippen molar-refractivity contribution >= 4 is 20.8 Å². The molecule has 8 nitrogen and oxygen atoms in total. The second kappa shape index (κ2) is 40.8. The molecule has 0 saturated heterocycles. The molecule has 0 saturated carbocycles. The number of hydrogen-bond donors (Lipinski definition) is 0. The van der Waals surface area contributed by atoms with Gasteiger partial charge in [-0.2, -0.15) is 0 Å². The van der Waals surface area contributed by atoms with Gasteiger partial charge in [0.05, 0.1) is 13.2 Å². The van der Waals surface area contributed by atoms with Crippen LogP contribution in [0.2, 0.25) is 0 Å². The fourth-order valence-electron chi connectivity index (χ4n) is 5.62. The minimum atomic E-state index is -4.49. The predicted octanol–water partition coefficient (Wildman–Crippen LogP) is 11.4. The maximum absolute atomic E-state index is 10.2. The Morgan fingerprint density at radius 3 is 0.617 bits per heavy atom. The summed E-state index contributed by atoms with van der Waals surface area (Å²) in [4.78, 5) is 0. The van der Waals surface area contributed by atoms with Gasteiger partial charge in [0.25, 0.3) is 0 Å². The van der Waals surface area contributed by atoms with Crippen molar-refractivity contribution in [2.75, 3.05) is 13.2 Å². The van der Waals surface area contributed by atoms with Gasteiger partial charge in [-0.15, -0.1) is 0 Å². The Morgan fingerprint density at radius 1 is 0.319 bits per heavy atom. The summed E-state index contributed by atoms with van der Waals surface area (Å²) >= 11 is 0. The molecule has 0 aromatic rings. The van der Waals surface area contributed by atoms with Crippen molar-refractivity contribution in [2.45, 2.75) is 219 Å². The van der Waals surface area contributed by atoms with Crippen LogP contribution in [0.25, 0.3) is 0 Å². The SMILES string of the molecule is CCCCCCCCCCCCCCCCCCOS(=O)(=O)[O-].CCCCCCCCCCCCCCCCCCOS(=O)(=O)[O-].[Zn+2]. The molecular weight excluding hydrogens is 690 g/mol. The van der Waals surface area contributed by atoms with Crippen molar-refractivity contribution in [2.24, 2.45) is 0 Å². The zero-order chi connectivity index (χ0) is 34.5. The molecule has 0 heterocycles. The smallest absolute Gasteiger partial charge is 0.726 e. The summed E-state index contributed by atoms with van der Waals surface area (Å²) in [6, 6.07) is 0. The van der Waals surface area contributed by atoms with Crippen LogP contribution in [0.15, 0.2) is 0 Å². The first kappa shape index (κ1) is 51.7. The molecule has 47 heavy (non-hydrogen) atoms. The van der Waals surface area contributed by atoms with Gasteiger partial charge in [-0.05, 0) is 12.8 Å². The summed E-state index contributed by atoms with van der Waals surface area (Å²) < 4.78 is 69.6. The van der Waals surface area contributed by atoms with Crippen LogP contribution in [0.1, 0.15) is 219 Å². The Bertz CT molecular complexity index is 729. The van der Waals surface area contributed by atoms with Crippen LogP contribution in [-0.2, 0) is 48.6 Å². The summed E-state index contributed by atoms with van der Waals surface area (Å²) in [5.74, 6) is 0. The van der Waals surface area contributed by atoms with Crippen molar-refractivity contribution in [3.8, 4) is 0 Å². The van der Waals surface area contributed by atoms with E-state index in [2.05, 4.69) is 22.2 Å². The quantitative estimate of drug-likeness (QED) is 0.0266. The van der Waals surface area contributed by atoms with Gasteiger partial charge in [0.1, 0.15) is 0 Å². The molecular formula is C36H74O8S2Zn. The maximum Gasteiger partial charge on any atom is 2.00 e. The van der Waals surface area contributed by atoms with Gasteiger partial charge < -0.3 is 9.11 Å². The third kappa shape index (κ3) is 56.0. The van der Waals surface area contributed by atoms with Crippen LogP contribution in [0.4, 0.5) is 0 Å². The summed E-state index contributed by atoms with van der Waals surface area (Å²) in [5, 5.41) is 0. The first-order valence-corrected chi connectivity index (χ1v) is 22.0. The standard InChI is InChI=1S/2C18H38O4S.Zn/c2*1-2-3-4-5-6-7-8-9-10-11-12-13-14-15-16-17-18-22-23(19,20)21;/h2*2-18H2,1H3,(H,19,20,21);/q;;+2/p-2. The molecule has 0 unspecified atom stereocenters. The molecule has 0 rings (SSSR count). The molecule has 0 atom stereocenters. The number of hydrogen-bond acceptors (Lipinski definition) is 8. The van der Waals surface area contributed by atoms with Crippen molar-refractivity contribution in [3.63, 3.8) is 0 Å². The van der Waals surface area contributed by atoms with Gasteiger partial charge in [-0.1, -0.05) is 206 Å². The van der Waals surface area contributed by atoms with Crippen molar-refractivity contribution in [1.82, 2.24) is 0 Å². The van der Waals surface area contributed by atoms with Crippen molar-refractivity contribution < 1.29 is 53.8 Å². The van der Waals surface area contributed by atoms with E-state index >= 15 is 0 Å². The Labute approximate surface area is 305 Å². The molecule has 0 radical (unpaired) electrons. The van der Waals surface area contributed by atoms with Crippen molar-refractivity contribution in [1.29, 1.82) is 0 Å². The van der Waals surface area contributed by atoms with Crippen LogP contribution in [0.5, 0.6) is 0 Å². The molecule has 280 valence electrons. The third-order valence-corrected chi connectivity index (χ3v) is 9.36. The van der Waals surface area contributed by atoms with Gasteiger partial charge in [0, 0.05) is 0 Å². The maximum atomic E-state index is 10.2. The molecule has 0 aromatic carbocycles. The molecule has 0 spiro atoms. The molecule has 0 aliphatic heterocycles. The predicted molar refractivity (Wildman–Crippen MR) is 190 cm³/mol. The average Bonchev–Trinajstić information content (AvgIpc) is 2.99. The van der Waals surface area contributed by atoms with E-state index in [1.165, 1.54) is 167 Å². The summed E-state index contributed by atoms with van der Waals surface area (Å²) in [6.07, 6.45) is 40.6. The van der Waals surface area contributed by atoms with Gasteiger partial charge in [0.15, 0.2) is 0 Å². The van der Waals surface area contributed by atoms with Gasteiger partial charge >= 0.3 is 19.5 Å². The fourth-order valence-corrected chi connectivity index (χ4v) is 6.27. The van der Waals surface area contributed by atoms with Gasteiger partial charge in [0.2, 0.25) is 20.8 Å². The first-order valence-electron chi connectivity index (χ1n) is 19.3. The molecule has 0 bridgehead atoms. The number of unbranched alkanes of at least 4 members (excludes halogenated alkanes) is 30. The van der Waals surface area contributed by atoms with Gasteiger partial charge in [-0.3, -0.25) is 8.37 Å². The van der Waals surface area contributed by atoms with E-state index in [0.29, 0.717) is 12.8 Å². The number of rotatable bonds is 36. The van der Waals surface area contributed by atoms with E-state index in [0.717, 1.165) is 25.7 Å². The van der Waals surface area contributed by atoms with Crippen LogP contribution in [0, 0.1) is 0 Å². The largest absolute Gasteiger partial charge is 2.00 e. The second-order valence-corrected chi connectivity index (χ2v) is 15.2. The minimum absolute atomic E-state index is 0. The molecule has 0 aliphatic rings. The Kier molecular flexibility index (Phi) is 44.9. The van der Waals surface area contributed by atoms with Crippen LogP contribution < -0.4 is 0 Å². The first-order chi connectivity index (χ1) is 22.1. The van der Waals surface area contributed by atoms with E-state index < -0.39 is 20.8 Å². The van der Waals surface area contributed by atoms with Crippen molar-refractivity contribution in [3.05, 3.63) is 0 Å². The molecule has 0 aliphatic carbocycles. The Morgan fingerprint density at radius 2 is 0.468 bits per heavy atom. The van der Waals surface area contributed by atoms with E-state index in [4.69, 9.17) is 0 Å². The van der Waals surface area contributed by atoms with E-state index in [1.807, 2.05) is 0 Å². The molecule has 0 N–H and O–H groups in total. The molecule has 0 fully saturated rings. The molecule has 0 aromatic heterocycles. The monoisotopic (exact) mass is 762 g/mol. The Balaban J connectivity index is -0.000000807. The zero-order valence-electron chi connectivity index (χ0n) is 30.8. The summed E-state index contributed by atoms with van der Waals surface area (Å²) in [6.45, 7) is 4.58. The van der Waals surface area contributed by atoms with Crippen LogP contribution >= 0.6 is 0 Å². The zero-order valence-corrected chi connectivity index (χ0v) is 35.4. The van der Waals surface area contributed by atoms with E-state index in [9.17, 15) is 25.9 Å². The second-order valence-electron chi connectivity index (χ2n) is 13.1. The fraction of sp³-hybridized carbons (Fsp3) is 1.00. The topological polar surface area (TPSA) is 133 Å². The third-order valence-electron chi connectivity index (χ3n) is 8.45. The average molecular weight is 765 g/mol. The van der Waals surface area contributed by atoms with E-state index in [1.54, 1.807) is 0 Å². The summed E-state index contributed by atoms with van der Waals surface area (Å²) in [7, 11) is -8.99. The van der Waals surface area contributed by atoms with Crippen LogP contribution in [-0.4, -0.2) is 39.2 Å².